The zero-order valence-electron chi connectivity index (χ0n) is 12.6. The lowest BCUT2D eigenvalue weighted by molar-refractivity contribution is 0.926. The average Bonchev–Trinajstić information content (AvgIpc) is 3.35. The Morgan fingerprint density at radius 1 is 1.22 bits per heavy atom. The molecule has 3 aromatic rings. The second kappa shape index (κ2) is 5.06. The van der Waals surface area contributed by atoms with Gasteiger partial charge in [0.1, 0.15) is 5.82 Å². The van der Waals surface area contributed by atoms with Crippen molar-refractivity contribution >= 4 is 28.5 Å². The van der Waals surface area contributed by atoms with Gasteiger partial charge >= 0.3 is 5.69 Å². The van der Waals surface area contributed by atoms with Crippen LogP contribution in [0.3, 0.4) is 0 Å². The molecule has 116 valence electrons. The highest BCUT2D eigenvalue weighted by molar-refractivity contribution is 6.33. The highest BCUT2D eigenvalue weighted by Gasteiger charge is 2.26. The zero-order valence-corrected chi connectivity index (χ0v) is 13.3. The molecule has 0 spiro atoms. The molecule has 1 saturated carbocycles. The highest BCUT2D eigenvalue weighted by atomic mass is 35.5. The number of rotatable bonds is 2. The summed E-state index contributed by atoms with van der Waals surface area (Å²) in [6.45, 7) is 1.90. The quantitative estimate of drug-likeness (QED) is 0.784. The second-order valence-corrected chi connectivity index (χ2v) is 6.28. The maximum absolute atomic E-state index is 12.5. The molecule has 0 bridgehead atoms. The van der Waals surface area contributed by atoms with Crippen LogP contribution in [0.15, 0.2) is 35.1 Å². The molecule has 6 heteroatoms. The smallest absolute Gasteiger partial charge is 0.355 e. The van der Waals surface area contributed by atoms with E-state index in [9.17, 15) is 4.79 Å². The summed E-state index contributed by atoms with van der Waals surface area (Å²) in [5.41, 5.74) is 8.41. The van der Waals surface area contributed by atoms with Crippen molar-refractivity contribution in [3.63, 3.8) is 0 Å². The minimum Gasteiger partial charge on any atom is -0.383 e. The number of pyridine rings is 1. The number of nitrogens with two attached hydrogens (primary N) is 1. The molecule has 2 heterocycles. The molecular formula is C17H15ClN4O. The molecule has 0 aliphatic heterocycles. The number of nitrogen functional groups attached to an aromatic ring is 1. The average molecular weight is 327 g/mol. The number of hydrogen-bond donors (Lipinski definition) is 1. The molecule has 1 aromatic carbocycles. The molecule has 23 heavy (non-hydrogen) atoms. The fraction of sp³-hybridized carbons (Fsp3) is 0.235. The molecule has 0 radical (unpaired) electrons. The van der Waals surface area contributed by atoms with E-state index in [1.54, 1.807) is 6.07 Å². The van der Waals surface area contributed by atoms with Crippen LogP contribution in [0.2, 0.25) is 5.02 Å². The first-order chi connectivity index (χ1) is 11.1. The molecule has 0 unspecified atom stereocenters. The summed E-state index contributed by atoms with van der Waals surface area (Å²) in [5, 5.41) is 1.17. The van der Waals surface area contributed by atoms with E-state index in [0.717, 1.165) is 24.1 Å². The van der Waals surface area contributed by atoms with Gasteiger partial charge in [0, 0.05) is 11.6 Å². The number of halogens is 1. The summed E-state index contributed by atoms with van der Waals surface area (Å²) in [5.74, 6) is 0.671. The Kier molecular flexibility index (Phi) is 3.13. The van der Waals surface area contributed by atoms with Gasteiger partial charge in [-0.3, -0.25) is 0 Å². The van der Waals surface area contributed by atoms with Gasteiger partial charge < -0.3 is 5.73 Å². The summed E-state index contributed by atoms with van der Waals surface area (Å²) in [7, 11) is 0. The molecule has 5 nitrogen and oxygen atoms in total. The van der Waals surface area contributed by atoms with Crippen molar-refractivity contribution in [1.29, 1.82) is 0 Å². The summed E-state index contributed by atoms with van der Waals surface area (Å²) in [6.07, 6.45) is 2.27. The van der Waals surface area contributed by atoms with Gasteiger partial charge in [-0.2, -0.15) is 4.98 Å². The molecule has 0 amide bonds. The first-order valence-electron chi connectivity index (χ1n) is 7.51. The summed E-state index contributed by atoms with van der Waals surface area (Å²) in [4.78, 5) is 21.1. The summed E-state index contributed by atoms with van der Waals surface area (Å²) >= 11 is 6.41. The van der Waals surface area contributed by atoms with Crippen molar-refractivity contribution in [2.24, 2.45) is 0 Å². The molecule has 1 aliphatic carbocycles. The monoisotopic (exact) mass is 326 g/mol. The van der Waals surface area contributed by atoms with Crippen molar-refractivity contribution < 1.29 is 0 Å². The highest BCUT2D eigenvalue weighted by Crippen LogP contribution is 2.39. The van der Waals surface area contributed by atoms with Crippen molar-refractivity contribution in [2.75, 3.05) is 5.73 Å². The van der Waals surface area contributed by atoms with Crippen LogP contribution >= 0.6 is 11.6 Å². The van der Waals surface area contributed by atoms with Gasteiger partial charge in [-0.1, -0.05) is 23.7 Å². The minimum absolute atomic E-state index is 0.194. The number of hydrogen-bond acceptors (Lipinski definition) is 4. The SMILES string of the molecule is Cc1cccc(-n2c(=O)nc(N)c3ccc(C4CC4)nc32)c1Cl. The number of nitrogens with zero attached hydrogens (tertiary/aromatic N) is 3. The number of anilines is 1. The minimum atomic E-state index is -0.469. The lowest BCUT2D eigenvalue weighted by Gasteiger charge is -2.13. The van der Waals surface area contributed by atoms with E-state index in [-0.39, 0.29) is 5.82 Å². The van der Waals surface area contributed by atoms with E-state index >= 15 is 0 Å². The predicted octanol–water partition coefficient (Wildman–Crippen LogP) is 3.20. The molecule has 1 aliphatic rings. The van der Waals surface area contributed by atoms with Crippen LogP contribution in [0.4, 0.5) is 5.82 Å². The molecule has 2 N–H and O–H groups in total. The van der Waals surface area contributed by atoms with E-state index in [1.165, 1.54) is 4.57 Å². The zero-order chi connectivity index (χ0) is 16.1. The van der Waals surface area contributed by atoms with Crippen LogP contribution < -0.4 is 11.4 Å². The first-order valence-corrected chi connectivity index (χ1v) is 7.88. The fourth-order valence-electron chi connectivity index (χ4n) is 2.77. The van der Waals surface area contributed by atoms with Gasteiger partial charge in [-0.15, -0.1) is 0 Å². The van der Waals surface area contributed by atoms with Crippen LogP contribution in [0.1, 0.15) is 30.0 Å². The van der Waals surface area contributed by atoms with Crippen LogP contribution in [0, 0.1) is 6.92 Å². The third kappa shape index (κ3) is 2.28. The van der Waals surface area contributed by atoms with Gasteiger partial charge in [0.05, 0.1) is 16.1 Å². The van der Waals surface area contributed by atoms with E-state index < -0.39 is 5.69 Å². The van der Waals surface area contributed by atoms with Crippen LogP contribution in [-0.4, -0.2) is 14.5 Å². The normalized spacial score (nSPS) is 14.3. The third-order valence-electron chi connectivity index (χ3n) is 4.20. The largest absolute Gasteiger partial charge is 0.383 e. The van der Waals surface area contributed by atoms with Crippen molar-refractivity contribution in [3.8, 4) is 5.69 Å². The Morgan fingerprint density at radius 3 is 2.74 bits per heavy atom. The number of benzene rings is 1. The van der Waals surface area contributed by atoms with E-state index in [1.807, 2.05) is 31.2 Å². The third-order valence-corrected chi connectivity index (χ3v) is 4.69. The Balaban J connectivity index is 2.10. The van der Waals surface area contributed by atoms with Crippen molar-refractivity contribution in [2.45, 2.75) is 25.7 Å². The number of aromatic nitrogens is 3. The Bertz CT molecular complexity index is 992. The first kappa shape index (κ1) is 14.2. The molecule has 4 rings (SSSR count). The van der Waals surface area contributed by atoms with Crippen molar-refractivity contribution in [3.05, 3.63) is 57.1 Å². The summed E-state index contributed by atoms with van der Waals surface area (Å²) in [6, 6.07) is 9.39. The maximum Gasteiger partial charge on any atom is 0.355 e. The van der Waals surface area contributed by atoms with Crippen LogP contribution in [0.25, 0.3) is 16.7 Å². The Hall–Kier alpha value is -2.40. The lowest BCUT2D eigenvalue weighted by Crippen LogP contribution is -2.24. The molecule has 0 atom stereocenters. The molecule has 2 aromatic heterocycles. The van der Waals surface area contributed by atoms with Gasteiger partial charge in [0.15, 0.2) is 5.65 Å². The standard InChI is InChI=1S/C17H15ClN4O/c1-9-3-2-4-13(14(9)18)22-16-11(15(19)21-17(22)23)7-8-12(20-16)10-5-6-10/h2-4,7-8,10H,5-6H2,1H3,(H2,19,21,23). The van der Waals surface area contributed by atoms with E-state index in [4.69, 9.17) is 22.3 Å². The topological polar surface area (TPSA) is 73.8 Å². The van der Waals surface area contributed by atoms with Gasteiger partial charge in [-0.25, -0.2) is 14.3 Å². The number of fused-ring (bicyclic) bond motifs is 1. The maximum atomic E-state index is 12.5. The Morgan fingerprint density at radius 2 is 2.00 bits per heavy atom. The van der Waals surface area contributed by atoms with E-state index in [2.05, 4.69) is 4.98 Å². The molecule has 0 saturated heterocycles. The van der Waals surface area contributed by atoms with Crippen molar-refractivity contribution in [1.82, 2.24) is 14.5 Å². The van der Waals surface area contributed by atoms with Gasteiger partial charge in [0.2, 0.25) is 0 Å². The summed E-state index contributed by atoms with van der Waals surface area (Å²) < 4.78 is 1.45. The van der Waals surface area contributed by atoms with Gasteiger partial charge in [-0.05, 0) is 43.5 Å². The predicted molar refractivity (Wildman–Crippen MR) is 91.3 cm³/mol. The van der Waals surface area contributed by atoms with Crippen LogP contribution in [-0.2, 0) is 0 Å². The molecule has 1 fully saturated rings. The van der Waals surface area contributed by atoms with Gasteiger partial charge in [0.25, 0.3) is 0 Å². The van der Waals surface area contributed by atoms with Crippen LogP contribution in [0.5, 0.6) is 0 Å². The second-order valence-electron chi connectivity index (χ2n) is 5.90. The lowest BCUT2D eigenvalue weighted by atomic mass is 10.2. The van der Waals surface area contributed by atoms with E-state index in [0.29, 0.717) is 27.7 Å². The molecular weight excluding hydrogens is 312 g/mol. The Labute approximate surface area is 137 Å². The fourth-order valence-corrected chi connectivity index (χ4v) is 2.98. The number of aryl methyl sites for hydroxylation is 1.